The third kappa shape index (κ3) is 2.84. The molecule has 0 aliphatic carbocycles. The number of amides is 2. The zero-order valence-electron chi connectivity index (χ0n) is 13.0. The summed E-state index contributed by atoms with van der Waals surface area (Å²) < 4.78 is 1.49. The van der Waals surface area contributed by atoms with Gasteiger partial charge in [0, 0.05) is 45.8 Å². The Morgan fingerprint density at radius 2 is 1.57 bits per heavy atom. The van der Waals surface area contributed by atoms with Crippen molar-refractivity contribution < 1.29 is 9.59 Å². The van der Waals surface area contributed by atoms with Crippen LogP contribution in [-0.2, 0) is 11.8 Å². The number of carbonyl (C=O) groups excluding carboxylic acids is 2. The molecular formula is C15H21N3O3. The van der Waals surface area contributed by atoms with Gasteiger partial charge < -0.3 is 14.4 Å². The molecule has 2 amide bonds. The van der Waals surface area contributed by atoms with Gasteiger partial charge in [-0.3, -0.25) is 14.4 Å². The fourth-order valence-corrected chi connectivity index (χ4v) is 2.62. The summed E-state index contributed by atoms with van der Waals surface area (Å²) in [5, 5.41) is 0. The first-order valence-corrected chi connectivity index (χ1v) is 7.05. The van der Waals surface area contributed by atoms with Crippen LogP contribution in [0.25, 0.3) is 0 Å². The minimum absolute atomic E-state index is 0.0181. The number of hydrogen-bond donors (Lipinski definition) is 0. The summed E-state index contributed by atoms with van der Waals surface area (Å²) in [7, 11) is 1.67. The molecule has 1 aromatic rings. The molecule has 0 saturated carbocycles. The van der Waals surface area contributed by atoms with Gasteiger partial charge in [-0.15, -0.1) is 0 Å². The van der Waals surface area contributed by atoms with Gasteiger partial charge in [0.25, 0.3) is 11.5 Å². The maximum absolute atomic E-state index is 12.6. The van der Waals surface area contributed by atoms with Gasteiger partial charge in [-0.1, -0.05) is 0 Å². The molecule has 1 fully saturated rings. The molecule has 2 heterocycles. The predicted molar refractivity (Wildman–Crippen MR) is 79.3 cm³/mol. The molecule has 1 aliphatic rings. The molecular weight excluding hydrogens is 270 g/mol. The summed E-state index contributed by atoms with van der Waals surface area (Å²) in [5.41, 5.74) is 1.51. The van der Waals surface area contributed by atoms with Crippen molar-refractivity contribution in [3.8, 4) is 0 Å². The molecule has 0 bridgehead atoms. The van der Waals surface area contributed by atoms with Crippen LogP contribution >= 0.6 is 0 Å². The van der Waals surface area contributed by atoms with Gasteiger partial charge in [0.2, 0.25) is 5.91 Å². The molecule has 1 aromatic heterocycles. The van der Waals surface area contributed by atoms with E-state index in [-0.39, 0.29) is 22.9 Å². The highest BCUT2D eigenvalue weighted by Crippen LogP contribution is 2.11. The van der Waals surface area contributed by atoms with Gasteiger partial charge in [0.05, 0.1) is 0 Å². The maximum Gasteiger partial charge on any atom is 0.263 e. The lowest BCUT2D eigenvalue weighted by Crippen LogP contribution is -2.51. The van der Waals surface area contributed by atoms with E-state index in [0.717, 1.165) is 5.69 Å². The summed E-state index contributed by atoms with van der Waals surface area (Å²) in [5.74, 6) is -0.221. The van der Waals surface area contributed by atoms with E-state index in [1.165, 1.54) is 11.5 Å². The maximum atomic E-state index is 12.6. The van der Waals surface area contributed by atoms with Crippen molar-refractivity contribution in [3.05, 3.63) is 33.2 Å². The molecule has 0 unspecified atom stereocenters. The summed E-state index contributed by atoms with van der Waals surface area (Å²) in [4.78, 5) is 39.6. The first kappa shape index (κ1) is 15.3. The van der Waals surface area contributed by atoms with Crippen molar-refractivity contribution in [2.75, 3.05) is 26.2 Å². The van der Waals surface area contributed by atoms with E-state index in [9.17, 15) is 14.4 Å². The SMILES string of the molecule is CC(=O)N1CCN(C(=O)c2c(C)cc(C)n(C)c2=O)CC1. The Hall–Kier alpha value is -2.11. The molecule has 21 heavy (non-hydrogen) atoms. The molecule has 2 rings (SSSR count). The third-order valence-corrected chi connectivity index (χ3v) is 4.09. The average molecular weight is 291 g/mol. The van der Waals surface area contributed by atoms with E-state index >= 15 is 0 Å². The standard InChI is InChI=1S/C15H21N3O3/c1-10-9-11(2)16(4)14(20)13(10)15(21)18-7-5-17(6-8-18)12(3)19/h9H,5-8H2,1-4H3. The van der Waals surface area contributed by atoms with Crippen LogP contribution in [0.3, 0.4) is 0 Å². The summed E-state index contributed by atoms with van der Waals surface area (Å²) in [6.45, 7) is 7.13. The van der Waals surface area contributed by atoms with Crippen molar-refractivity contribution >= 4 is 11.8 Å². The monoisotopic (exact) mass is 291 g/mol. The highest BCUT2D eigenvalue weighted by molar-refractivity contribution is 5.95. The number of piperazine rings is 1. The Morgan fingerprint density at radius 1 is 1.05 bits per heavy atom. The van der Waals surface area contributed by atoms with E-state index in [4.69, 9.17) is 0 Å². The molecule has 1 aliphatic heterocycles. The number of aryl methyl sites for hydroxylation is 2. The number of hydrogen-bond acceptors (Lipinski definition) is 3. The number of carbonyl (C=O) groups is 2. The molecule has 0 N–H and O–H groups in total. The lowest BCUT2D eigenvalue weighted by Gasteiger charge is -2.34. The summed E-state index contributed by atoms with van der Waals surface area (Å²) >= 11 is 0. The van der Waals surface area contributed by atoms with Crippen LogP contribution in [-0.4, -0.2) is 52.4 Å². The number of nitrogens with zero attached hydrogens (tertiary/aromatic N) is 3. The van der Waals surface area contributed by atoms with Crippen molar-refractivity contribution in [3.63, 3.8) is 0 Å². The lowest BCUT2D eigenvalue weighted by atomic mass is 10.1. The van der Waals surface area contributed by atoms with Crippen molar-refractivity contribution in [1.29, 1.82) is 0 Å². The summed E-state index contributed by atoms with van der Waals surface area (Å²) in [6, 6.07) is 1.85. The molecule has 0 spiro atoms. The highest BCUT2D eigenvalue weighted by atomic mass is 16.2. The van der Waals surface area contributed by atoms with Crippen molar-refractivity contribution in [2.24, 2.45) is 7.05 Å². The number of aromatic nitrogens is 1. The Kier molecular flexibility index (Phi) is 4.16. The molecule has 0 aromatic carbocycles. The van der Waals surface area contributed by atoms with E-state index < -0.39 is 0 Å². The molecule has 6 nitrogen and oxygen atoms in total. The molecule has 0 atom stereocenters. The summed E-state index contributed by atoms with van der Waals surface area (Å²) in [6.07, 6.45) is 0. The van der Waals surface area contributed by atoms with E-state index in [2.05, 4.69) is 0 Å². The normalized spacial score (nSPS) is 15.2. The highest BCUT2D eigenvalue weighted by Gasteiger charge is 2.26. The molecule has 6 heteroatoms. The van der Waals surface area contributed by atoms with E-state index in [1.54, 1.807) is 23.8 Å². The van der Waals surface area contributed by atoms with Crippen LogP contribution in [0.15, 0.2) is 10.9 Å². The largest absolute Gasteiger partial charge is 0.339 e. The first-order valence-electron chi connectivity index (χ1n) is 7.05. The molecule has 0 radical (unpaired) electrons. The van der Waals surface area contributed by atoms with Gasteiger partial charge in [0.15, 0.2) is 0 Å². The van der Waals surface area contributed by atoms with Gasteiger partial charge in [0.1, 0.15) is 5.56 Å². The zero-order valence-corrected chi connectivity index (χ0v) is 13.0. The topological polar surface area (TPSA) is 62.6 Å². The average Bonchev–Trinajstić information content (AvgIpc) is 2.45. The van der Waals surface area contributed by atoms with Crippen molar-refractivity contribution in [1.82, 2.24) is 14.4 Å². The van der Waals surface area contributed by atoms with Gasteiger partial charge >= 0.3 is 0 Å². The molecule has 114 valence electrons. The fourth-order valence-electron chi connectivity index (χ4n) is 2.62. The third-order valence-electron chi connectivity index (χ3n) is 4.09. The number of pyridine rings is 1. The Bertz CT molecular complexity index is 640. The molecule has 1 saturated heterocycles. The smallest absolute Gasteiger partial charge is 0.263 e. The Morgan fingerprint density at radius 3 is 2.10 bits per heavy atom. The van der Waals surface area contributed by atoms with Crippen LogP contribution in [0.2, 0.25) is 0 Å². The fraction of sp³-hybridized carbons (Fsp3) is 0.533. The first-order chi connectivity index (χ1) is 9.82. The Labute approximate surface area is 124 Å². The second kappa shape index (κ2) is 5.71. The quantitative estimate of drug-likeness (QED) is 0.748. The van der Waals surface area contributed by atoms with Crippen LogP contribution in [0.1, 0.15) is 28.5 Å². The minimum atomic E-state index is -0.258. The van der Waals surface area contributed by atoms with Crippen LogP contribution in [0, 0.1) is 13.8 Å². The second-order valence-corrected chi connectivity index (χ2v) is 5.51. The minimum Gasteiger partial charge on any atom is -0.339 e. The van der Waals surface area contributed by atoms with E-state index in [1.807, 2.05) is 13.0 Å². The van der Waals surface area contributed by atoms with Gasteiger partial charge in [-0.2, -0.15) is 0 Å². The van der Waals surface area contributed by atoms with Crippen LogP contribution < -0.4 is 5.56 Å². The predicted octanol–water partition coefficient (Wildman–Crippen LogP) is 0.306. The lowest BCUT2D eigenvalue weighted by molar-refractivity contribution is -0.130. The Balaban J connectivity index is 2.25. The zero-order chi connectivity index (χ0) is 15.7. The van der Waals surface area contributed by atoms with Crippen LogP contribution in [0.4, 0.5) is 0 Å². The van der Waals surface area contributed by atoms with Gasteiger partial charge in [-0.25, -0.2) is 0 Å². The van der Waals surface area contributed by atoms with Gasteiger partial charge in [-0.05, 0) is 25.5 Å². The van der Waals surface area contributed by atoms with Crippen molar-refractivity contribution in [2.45, 2.75) is 20.8 Å². The number of rotatable bonds is 1. The second-order valence-electron chi connectivity index (χ2n) is 5.51. The van der Waals surface area contributed by atoms with Crippen LogP contribution in [0.5, 0.6) is 0 Å². The van der Waals surface area contributed by atoms with E-state index in [0.29, 0.717) is 31.7 Å².